The minimum atomic E-state index is -0.376. The molecule has 0 bridgehead atoms. The van der Waals surface area contributed by atoms with Crippen molar-refractivity contribution in [3.05, 3.63) is 47.5 Å². The number of primary amides is 1. The predicted octanol–water partition coefficient (Wildman–Crippen LogP) is 2.15. The summed E-state index contributed by atoms with van der Waals surface area (Å²) in [7, 11) is 0. The van der Waals surface area contributed by atoms with Gasteiger partial charge in [0.1, 0.15) is 0 Å². The van der Waals surface area contributed by atoms with Crippen LogP contribution < -0.4 is 5.73 Å². The average Bonchev–Trinajstić information content (AvgIpc) is 2.62. The molecule has 0 unspecified atom stereocenters. The third-order valence-electron chi connectivity index (χ3n) is 3.10. The van der Waals surface area contributed by atoms with Gasteiger partial charge in [-0.25, -0.2) is 0 Å². The zero-order chi connectivity index (χ0) is 10.8. The Bertz CT molecular complexity index is 409. The number of hydrogen-bond acceptors (Lipinski definition) is 1. The highest BCUT2D eigenvalue weighted by molar-refractivity contribution is 5.91. The summed E-state index contributed by atoms with van der Waals surface area (Å²) < 4.78 is 0. The Balaban J connectivity index is 2.14. The molecular formula is C13H15NO. The largest absolute Gasteiger partial charge is 0.366 e. The van der Waals surface area contributed by atoms with Gasteiger partial charge in [0.2, 0.25) is 5.91 Å². The average molecular weight is 201 g/mol. The van der Waals surface area contributed by atoms with Crippen LogP contribution in [-0.4, -0.2) is 5.91 Å². The van der Waals surface area contributed by atoms with Gasteiger partial charge in [-0.3, -0.25) is 4.79 Å². The van der Waals surface area contributed by atoms with Crippen molar-refractivity contribution in [2.24, 2.45) is 5.73 Å². The van der Waals surface area contributed by atoms with Gasteiger partial charge in [-0.05, 0) is 36.3 Å². The number of fused-ring (bicyclic) bond motifs is 1. The summed E-state index contributed by atoms with van der Waals surface area (Å²) in [6.07, 6.45) is 2.91. The highest BCUT2D eigenvalue weighted by Gasteiger charge is 2.23. The highest BCUT2D eigenvalue weighted by Crippen LogP contribution is 2.36. The Morgan fingerprint density at radius 2 is 2.20 bits per heavy atom. The van der Waals surface area contributed by atoms with Crippen LogP contribution in [0.25, 0.3) is 0 Å². The van der Waals surface area contributed by atoms with Crippen LogP contribution in [0.2, 0.25) is 0 Å². The van der Waals surface area contributed by atoms with E-state index in [1.54, 1.807) is 0 Å². The van der Waals surface area contributed by atoms with Crippen molar-refractivity contribution in [2.75, 3.05) is 0 Å². The van der Waals surface area contributed by atoms with Crippen LogP contribution >= 0.6 is 0 Å². The maximum Gasteiger partial charge on any atom is 0.244 e. The lowest BCUT2D eigenvalue weighted by Crippen LogP contribution is -2.14. The van der Waals surface area contributed by atoms with Crippen LogP contribution in [-0.2, 0) is 11.2 Å². The van der Waals surface area contributed by atoms with Crippen molar-refractivity contribution in [3.63, 3.8) is 0 Å². The Labute approximate surface area is 89.8 Å². The lowest BCUT2D eigenvalue weighted by Gasteiger charge is -2.11. The number of hydrogen-bond donors (Lipinski definition) is 1. The summed E-state index contributed by atoms with van der Waals surface area (Å²) in [5.41, 5.74) is 8.50. The number of benzene rings is 1. The van der Waals surface area contributed by atoms with Crippen LogP contribution in [0.5, 0.6) is 0 Å². The summed E-state index contributed by atoms with van der Waals surface area (Å²) in [6.45, 7) is 3.72. The van der Waals surface area contributed by atoms with Gasteiger partial charge in [-0.15, -0.1) is 0 Å². The summed E-state index contributed by atoms with van der Waals surface area (Å²) in [5.74, 6) is 0.0561. The maximum atomic E-state index is 10.9. The molecule has 1 atom stereocenters. The minimum absolute atomic E-state index is 0.376. The molecule has 2 N–H and O–H groups in total. The first-order valence-electron chi connectivity index (χ1n) is 5.24. The Kier molecular flexibility index (Phi) is 2.58. The summed E-state index contributed by atoms with van der Waals surface area (Å²) in [4.78, 5) is 10.9. The molecule has 78 valence electrons. The zero-order valence-electron chi connectivity index (χ0n) is 8.70. The molecule has 0 aromatic heterocycles. The first kappa shape index (κ1) is 9.97. The third kappa shape index (κ3) is 1.94. The topological polar surface area (TPSA) is 43.1 Å². The van der Waals surface area contributed by atoms with Gasteiger partial charge in [0.15, 0.2) is 0 Å². The lowest BCUT2D eigenvalue weighted by atomic mass is 9.94. The first-order chi connectivity index (χ1) is 7.18. The van der Waals surface area contributed by atoms with E-state index in [4.69, 9.17) is 5.73 Å². The highest BCUT2D eigenvalue weighted by atomic mass is 16.1. The van der Waals surface area contributed by atoms with Crippen molar-refractivity contribution in [1.29, 1.82) is 0 Å². The molecule has 1 aliphatic rings. The molecule has 15 heavy (non-hydrogen) atoms. The van der Waals surface area contributed by atoms with Crippen molar-refractivity contribution in [3.8, 4) is 0 Å². The van der Waals surface area contributed by atoms with Crippen LogP contribution in [0.15, 0.2) is 36.4 Å². The van der Waals surface area contributed by atoms with E-state index in [1.807, 2.05) is 6.07 Å². The summed E-state index contributed by atoms with van der Waals surface area (Å²) >= 11 is 0. The molecule has 0 spiro atoms. The Hall–Kier alpha value is -1.57. The van der Waals surface area contributed by atoms with Gasteiger partial charge in [0, 0.05) is 5.57 Å². The van der Waals surface area contributed by atoms with E-state index in [9.17, 15) is 4.79 Å². The maximum absolute atomic E-state index is 10.9. The zero-order valence-corrected chi connectivity index (χ0v) is 8.70. The van der Waals surface area contributed by atoms with E-state index in [1.165, 1.54) is 11.1 Å². The second-order valence-corrected chi connectivity index (χ2v) is 4.11. The van der Waals surface area contributed by atoms with Crippen molar-refractivity contribution in [2.45, 2.75) is 25.2 Å². The molecule has 0 radical (unpaired) electrons. The van der Waals surface area contributed by atoms with Crippen molar-refractivity contribution in [1.82, 2.24) is 0 Å². The molecular weight excluding hydrogens is 186 g/mol. The van der Waals surface area contributed by atoms with E-state index in [2.05, 4.69) is 24.8 Å². The van der Waals surface area contributed by atoms with Crippen LogP contribution in [0.3, 0.4) is 0 Å². The fourth-order valence-corrected chi connectivity index (χ4v) is 2.26. The predicted molar refractivity (Wildman–Crippen MR) is 60.5 cm³/mol. The number of carbonyl (C=O) groups excluding carboxylic acids is 1. The van der Waals surface area contributed by atoms with Crippen LogP contribution in [0.1, 0.15) is 29.9 Å². The molecule has 1 aliphatic carbocycles. The van der Waals surface area contributed by atoms with Gasteiger partial charge >= 0.3 is 0 Å². The van der Waals surface area contributed by atoms with Gasteiger partial charge in [0.25, 0.3) is 0 Å². The minimum Gasteiger partial charge on any atom is -0.366 e. The van der Waals surface area contributed by atoms with Gasteiger partial charge in [-0.1, -0.05) is 30.8 Å². The van der Waals surface area contributed by atoms with E-state index >= 15 is 0 Å². The van der Waals surface area contributed by atoms with E-state index in [0.29, 0.717) is 17.9 Å². The monoisotopic (exact) mass is 201 g/mol. The molecule has 2 heteroatoms. The van der Waals surface area contributed by atoms with Gasteiger partial charge in [0.05, 0.1) is 0 Å². The molecule has 1 aromatic carbocycles. The molecule has 0 saturated carbocycles. The molecule has 0 fully saturated rings. The smallest absolute Gasteiger partial charge is 0.244 e. The molecule has 1 aromatic rings. The summed E-state index contributed by atoms with van der Waals surface area (Å²) in [5, 5.41) is 0. The van der Waals surface area contributed by atoms with E-state index in [0.717, 1.165) is 12.8 Å². The normalized spacial score (nSPS) is 18.5. The molecule has 1 amide bonds. The fraction of sp³-hybridized carbons (Fsp3) is 0.308. The van der Waals surface area contributed by atoms with Crippen LogP contribution in [0, 0.1) is 0 Å². The third-order valence-corrected chi connectivity index (χ3v) is 3.10. The van der Waals surface area contributed by atoms with Crippen molar-refractivity contribution >= 4 is 5.91 Å². The lowest BCUT2D eigenvalue weighted by molar-refractivity contribution is -0.114. The van der Waals surface area contributed by atoms with Gasteiger partial charge < -0.3 is 5.73 Å². The van der Waals surface area contributed by atoms with Gasteiger partial charge in [-0.2, -0.15) is 0 Å². The molecule has 2 rings (SSSR count). The van der Waals surface area contributed by atoms with E-state index < -0.39 is 0 Å². The Morgan fingerprint density at radius 1 is 1.47 bits per heavy atom. The quantitative estimate of drug-likeness (QED) is 0.748. The first-order valence-corrected chi connectivity index (χ1v) is 5.24. The number of aryl methyl sites for hydroxylation is 1. The fourth-order valence-electron chi connectivity index (χ4n) is 2.26. The number of rotatable bonds is 3. The van der Waals surface area contributed by atoms with Crippen LogP contribution in [0.4, 0.5) is 0 Å². The standard InChI is InChI=1S/C13H15NO/c1-9(13(14)15)8-11-7-6-10-4-2-3-5-12(10)11/h2-5,11H,1,6-8H2,(H2,14,15)/t11-/m1/s1. The van der Waals surface area contributed by atoms with Crippen molar-refractivity contribution < 1.29 is 4.79 Å². The molecule has 2 nitrogen and oxygen atoms in total. The second-order valence-electron chi connectivity index (χ2n) is 4.11. The molecule has 0 saturated heterocycles. The number of carbonyl (C=O) groups is 1. The number of nitrogens with two attached hydrogens (primary N) is 1. The van der Waals surface area contributed by atoms with E-state index in [-0.39, 0.29) is 5.91 Å². The molecule has 0 heterocycles. The Morgan fingerprint density at radius 3 is 2.93 bits per heavy atom. The summed E-state index contributed by atoms with van der Waals surface area (Å²) in [6, 6.07) is 8.40. The number of amides is 1. The second kappa shape index (κ2) is 3.89. The SMILES string of the molecule is C=C(C[C@H]1CCc2ccccc21)C(N)=O. The molecule has 0 aliphatic heterocycles.